The molecule has 1 aliphatic rings. The second-order valence-corrected chi connectivity index (χ2v) is 7.07. The minimum Gasteiger partial charge on any atom is -0.334 e. The second-order valence-electron chi connectivity index (χ2n) is 7.07. The van der Waals surface area contributed by atoms with Gasteiger partial charge in [-0.2, -0.15) is 0 Å². The lowest BCUT2D eigenvalue weighted by Gasteiger charge is -2.14. The van der Waals surface area contributed by atoms with E-state index in [9.17, 15) is 9.59 Å². The van der Waals surface area contributed by atoms with Crippen molar-refractivity contribution >= 4 is 17.6 Å². The number of unbranched alkanes of at least 4 members (excludes halogenated alkanes) is 2. The molecular formula is C22H27N3O2. The molecule has 3 amide bonds. The number of anilines is 1. The SMILES string of the molecule is CC1NC(=O)NC1CCCCCC(=O)Nc1ccccc1-c1ccccc1. The van der Waals surface area contributed by atoms with E-state index in [0.29, 0.717) is 6.42 Å². The first kappa shape index (κ1) is 19.0. The number of carbonyl (C=O) groups is 2. The van der Waals surface area contributed by atoms with Gasteiger partial charge in [-0.1, -0.05) is 61.4 Å². The van der Waals surface area contributed by atoms with Crippen molar-refractivity contribution in [3.8, 4) is 11.1 Å². The summed E-state index contributed by atoms with van der Waals surface area (Å²) < 4.78 is 0. The van der Waals surface area contributed by atoms with Crippen molar-refractivity contribution in [2.24, 2.45) is 0 Å². The number of urea groups is 1. The zero-order valence-electron chi connectivity index (χ0n) is 15.7. The summed E-state index contributed by atoms with van der Waals surface area (Å²) in [6.45, 7) is 2.01. The van der Waals surface area contributed by atoms with Crippen LogP contribution in [0.15, 0.2) is 54.6 Å². The third-order valence-corrected chi connectivity index (χ3v) is 4.98. The first-order valence-corrected chi connectivity index (χ1v) is 9.65. The Balaban J connectivity index is 1.43. The zero-order valence-corrected chi connectivity index (χ0v) is 15.7. The molecule has 1 heterocycles. The Hall–Kier alpha value is -2.82. The van der Waals surface area contributed by atoms with Crippen LogP contribution in [0.1, 0.15) is 39.0 Å². The van der Waals surface area contributed by atoms with Crippen LogP contribution in [0.5, 0.6) is 0 Å². The molecule has 3 rings (SSSR count). The van der Waals surface area contributed by atoms with Crippen LogP contribution in [0.25, 0.3) is 11.1 Å². The predicted octanol–water partition coefficient (Wildman–Crippen LogP) is 4.31. The van der Waals surface area contributed by atoms with E-state index < -0.39 is 0 Å². The minimum absolute atomic E-state index is 0.0441. The lowest BCUT2D eigenvalue weighted by Crippen LogP contribution is -2.30. The largest absolute Gasteiger partial charge is 0.334 e. The topological polar surface area (TPSA) is 70.2 Å². The number of hydrogen-bond donors (Lipinski definition) is 3. The fourth-order valence-electron chi connectivity index (χ4n) is 3.47. The van der Waals surface area contributed by atoms with Gasteiger partial charge >= 0.3 is 6.03 Å². The summed E-state index contributed by atoms with van der Waals surface area (Å²) >= 11 is 0. The van der Waals surface area contributed by atoms with Gasteiger partial charge in [0.25, 0.3) is 0 Å². The lowest BCUT2D eigenvalue weighted by atomic mass is 10.0. The van der Waals surface area contributed by atoms with Crippen LogP contribution >= 0.6 is 0 Å². The first-order valence-electron chi connectivity index (χ1n) is 9.65. The number of para-hydroxylation sites is 1. The van der Waals surface area contributed by atoms with Gasteiger partial charge in [0.15, 0.2) is 0 Å². The summed E-state index contributed by atoms with van der Waals surface area (Å²) in [5, 5.41) is 8.83. The quantitative estimate of drug-likeness (QED) is 0.610. The van der Waals surface area contributed by atoms with E-state index in [1.165, 1.54) is 0 Å². The Bertz CT molecular complexity index is 776. The van der Waals surface area contributed by atoms with Crippen molar-refractivity contribution in [1.29, 1.82) is 0 Å². The fourth-order valence-corrected chi connectivity index (χ4v) is 3.47. The standard InChI is InChI=1S/C22H27N3O2/c1-16-19(25-22(27)23-16)13-6-3-7-15-21(26)24-20-14-9-8-12-18(20)17-10-4-2-5-11-17/h2,4-5,8-12,14,16,19H,3,6-7,13,15H2,1H3,(H,24,26)(H2,23,25,27). The van der Waals surface area contributed by atoms with Crippen LogP contribution in [0.2, 0.25) is 0 Å². The highest BCUT2D eigenvalue weighted by atomic mass is 16.2. The molecule has 1 fully saturated rings. The maximum atomic E-state index is 12.3. The van der Waals surface area contributed by atoms with Crippen molar-refractivity contribution in [3.05, 3.63) is 54.6 Å². The monoisotopic (exact) mass is 365 g/mol. The van der Waals surface area contributed by atoms with Gasteiger partial charge in [-0.15, -0.1) is 0 Å². The van der Waals surface area contributed by atoms with Gasteiger partial charge in [-0.25, -0.2) is 4.79 Å². The summed E-state index contributed by atoms with van der Waals surface area (Å²) in [5.41, 5.74) is 2.97. The van der Waals surface area contributed by atoms with Gasteiger partial charge in [0.05, 0.1) is 6.04 Å². The first-order chi connectivity index (χ1) is 13.1. The van der Waals surface area contributed by atoms with Crippen LogP contribution in [0.3, 0.4) is 0 Å². The molecule has 1 aliphatic heterocycles. The van der Waals surface area contributed by atoms with Crippen LogP contribution in [0, 0.1) is 0 Å². The van der Waals surface area contributed by atoms with E-state index >= 15 is 0 Å². The molecule has 0 radical (unpaired) electrons. The van der Waals surface area contributed by atoms with Gasteiger partial charge in [0.1, 0.15) is 0 Å². The molecule has 0 saturated carbocycles. The number of amides is 3. The smallest absolute Gasteiger partial charge is 0.315 e. The van der Waals surface area contributed by atoms with Crippen LogP contribution in [-0.2, 0) is 4.79 Å². The lowest BCUT2D eigenvalue weighted by molar-refractivity contribution is -0.116. The molecule has 142 valence electrons. The van der Waals surface area contributed by atoms with Crippen molar-refractivity contribution in [2.45, 2.75) is 51.1 Å². The molecule has 2 atom stereocenters. The molecule has 3 N–H and O–H groups in total. The number of rotatable bonds is 8. The number of hydrogen-bond acceptors (Lipinski definition) is 2. The van der Waals surface area contributed by atoms with E-state index in [1.54, 1.807) is 0 Å². The molecule has 0 bridgehead atoms. The summed E-state index contributed by atoms with van der Waals surface area (Å²) in [6, 6.07) is 18.2. The van der Waals surface area contributed by atoms with Crippen molar-refractivity contribution < 1.29 is 9.59 Å². The molecule has 2 unspecified atom stereocenters. The fraction of sp³-hybridized carbons (Fsp3) is 0.364. The zero-order chi connectivity index (χ0) is 19.1. The molecule has 0 aliphatic carbocycles. The molecular weight excluding hydrogens is 338 g/mol. The summed E-state index contributed by atoms with van der Waals surface area (Å²) in [7, 11) is 0. The average Bonchev–Trinajstić information content (AvgIpc) is 3.00. The maximum absolute atomic E-state index is 12.3. The summed E-state index contributed by atoms with van der Waals surface area (Å²) in [5.74, 6) is 0.0441. The molecule has 0 spiro atoms. The van der Waals surface area contributed by atoms with Gasteiger partial charge in [0, 0.05) is 23.7 Å². The second kappa shape index (κ2) is 9.21. The van der Waals surface area contributed by atoms with E-state index in [4.69, 9.17) is 0 Å². The molecule has 2 aromatic rings. The molecule has 5 heteroatoms. The van der Waals surface area contributed by atoms with Crippen LogP contribution < -0.4 is 16.0 Å². The van der Waals surface area contributed by atoms with E-state index in [1.807, 2.05) is 61.5 Å². The highest BCUT2D eigenvalue weighted by Gasteiger charge is 2.26. The Kier molecular flexibility index (Phi) is 6.47. The molecule has 1 saturated heterocycles. The minimum atomic E-state index is -0.0797. The summed E-state index contributed by atoms with van der Waals surface area (Å²) in [6.07, 6.45) is 4.28. The third-order valence-electron chi connectivity index (χ3n) is 4.98. The normalized spacial score (nSPS) is 18.6. The highest BCUT2D eigenvalue weighted by molar-refractivity contribution is 5.95. The van der Waals surface area contributed by atoms with E-state index in [0.717, 1.165) is 42.5 Å². The summed E-state index contributed by atoms with van der Waals surface area (Å²) in [4.78, 5) is 23.6. The van der Waals surface area contributed by atoms with Crippen molar-refractivity contribution in [2.75, 3.05) is 5.32 Å². The third kappa shape index (κ3) is 5.33. The Morgan fingerprint density at radius 2 is 1.70 bits per heavy atom. The Morgan fingerprint density at radius 3 is 2.44 bits per heavy atom. The maximum Gasteiger partial charge on any atom is 0.315 e. The van der Waals surface area contributed by atoms with Crippen molar-refractivity contribution in [3.63, 3.8) is 0 Å². The van der Waals surface area contributed by atoms with E-state index in [2.05, 4.69) is 16.0 Å². The molecule has 0 aromatic heterocycles. The number of nitrogens with one attached hydrogen (secondary N) is 3. The van der Waals surface area contributed by atoms with Gasteiger partial charge in [-0.05, 0) is 31.4 Å². The van der Waals surface area contributed by atoms with Crippen LogP contribution in [0.4, 0.5) is 10.5 Å². The van der Waals surface area contributed by atoms with Gasteiger partial charge < -0.3 is 16.0 Å². The highest BCUT2D eigenvalue weighted by Crippen LogP contribution is 2.27. The Morgan fingerprint density at radius 1 is 0.963 bits per heavy atom. The Labute approximate surface area is 160 Å². The molecule has 27 heavy (non-hydrogen) atoms. The predicted molar refractivity (Wildman–Crippen MR) is 109 cm³/mol. The van der Waals surface area contributed by atoms with Gasteiger partial charge in [-0.3, -0.25) is 4.79 Å². The number of benzene rings is 2. The van der Waals surface area contributed by atoms with Crippen molar-refractivity contribution in [1.82, 2.24) is 10.6 Å². The van der Waals surface area contributed by atoms with Crippen LogP contribution in [-0.4, -0.2) is 24.0 Å². The average molecular weight is 365 g/mol. The van der Waals surface area contributed by atoms with Gasteiger partial charge in [0.2, 0.25) is 5.91 Å². The number of carbonyl (C=O) groups excluding carboxylic acids is 2. The molecule has 2 aromatic carbocycles. The molecule has 5 nitrogen and oxygen atoms in total. The van der Waals surface area contributed by atoms with E-state index in [-0.39, 0.29) is 24.0 Å².